The maximum Gasteiger partial charge on any atom is 0.263 e. The van der Waals surface area contributed by atoms with E-state index < -0.39 is 10.0 Å². The van der Waals surface area contributed by atoms with Crippen LogP contribution >= 0.6 is 0 Å². The first-order chi connectivity index (χ1) is 8.90. The van der Waals surface area contributed by atoms with E-state index in [1.54, 1.807) is 37.4 Å². The highest BCUT2D eigenvalue weighted by molar-refractivity contribution is 7.92. The molecule has 0 aliphatic rings. The summed E-state index contributed by atoms with van der Waals surface area (Å²) in [4.78, 5) is 4.14. The molecule has 0 fully saturated rings. The van der Waals surface area contributed by atoms with E-state index in [0.717, 1.165) is 5.56 Å². The quantitative estimate of drug-likeness (QED) is 0.841. The molecule has 0 radical (unpaired) electrons. The summed E-state index contributed by atoms with van der Waals surface area (Å²) in [6, 6.07) is 8.26. The summed E-state index contributed by atoms with van der Waals surface area (Å²) in [5, 5.41) is 0. The zero-order valence-corrected chi connectivity index (χ0v) is 11.5. The zero-order chi connectivity index (χ0) is 14.0. The van der Waals surface area contributed by atoms with E-state index in [9.17, 15) is 8.42 Å². The molecule has 0 aliphatic carbocycles. The molecule has 0 spiro atoms. The number of rotatable bonds is 3. The number of hydrogen-bond acceptors (Lipinski definition) is 4. The third-order valence-electron chi connectivity index (χ3n) is 2.77. The molecule has 0 saturated heterocycles. The molecule has 0 aliphatic heterocycles. The molecule has 0 bridgehead atoms. The normalized spacial score (nSPS) is 11.3. The number of pyridine rings is 1. The molecule has 5 nitrogen and oxygen atoms in total. The van der Waals surface area contributed by atoms with Crippen molar-refractivity contribution in [3.8, 4) is 0 Å². The van der Waals surface area contributed by atoms with Gasteiger partial charge in [-0.15, -0.1) is 0 Å². The highest BCUT2D eigenvalue weighted by Crippen LogP contribution is 2.22. The van der Waals surface area contributed by atoms with Gasteiger partial charge in [0.15, 0.2) is 0 Å². The Balaban J connectivity index is 2.41. The molecule has 0 amide bonds. The maximum absolute atomic E-state index is 12.3. The van der Waals surface area contributed by atoms with Crippen molar-refractivity contribution in [3.63, 3.8) is 0 Å². The summed E-state index contributed by atoms with van der Waals surface area (Å²) in [5.74, 6) is 0.293. The van der Waals surface area contributed by atoms with Crippen LogP contribution in [0.25, 0.3) is 0 Å². The average Bonchev–Trinajstić information content (AvgIpc) is 2.32. The summed E-state index contributed by atoms with van der Waals surface area (Å²) in [7, 11) is -3.68. The van der Waals surface area contributed by atoms with Crippen molar-refractivity contribution in [3.05, 3.63) is 47.7 Å². The SMILES string of the molecule is Cc1ccnc(NS(=O)(=O)c2cccc(N)c2C)c1. The molecule has 2 aromatic rings. The van der Waals surface area contributed by atoms with Crippen molar-refractivity contribution in [2.24, 2.45) is 0 Å². The lowest BCUT2D eigenvalue weighted by Gasteiger charge is -2.11. The Bertz CT molecular complexity index is 712. The lowest BCUT2D eigenvalue weighted by molar-refractivity contribution is 0.600. The van der Waals surface area contributed by atoms with E-state index >= 15 is 0 Å². The van der Waals surface area contributed by atoms with Crippen molar-refractivity contribution in [2.45, 2.75) is 18.7 Å². The third-order valence-corrected chi connectivity index (χ3v) is 4.27. The van der Waals surface area contributed by atoms with Gasteiger partial charge in [0.05, 0.1) is 4.90 Å². The van der Waals surface area contributed by atoms with E-state index in [1.807, 2.05) is 6.92 Å². The summed E-state index contributed by atoms with van der Waals surface area (Å²) >= 11 is 0. The van der Waals surface area contributed by atoms with Gasteiger partial charge >= 0.3 is 0 Å². The van der Waals surface area contributed by atoms with Gasteiger partial charge in [0.2, 0.25) is 0 Å². The van der Waals surface area contributed by atoms with Crippen LogP contribution in [-0.2, 0) is 10.0 Å². The Hall–Kier alpha value is -2.08. The van der Waals surface area contributed by atoms with Crippen molar-refractivity contribution >= 4 is 21.5 Å². The summed E-state index contributed by atoms with van der Waals surface area (Å²) in [6.45, 7) is 3.54. The first-order valence-corrected chi connectivity index (χ1v) is 7.19. The van der Waals surface area contributed by atoms with Crippen molar-refractivity contribution < 1.29 is 8.42 Å². The van der Waals surface area contributed by atoms with E-state index in [4.69, 9.17) is 5.73 Å². The molecule has 3 N–H and O–H groups in total. The number of nitrogen functional groups attached to an aromatic ring is 1. The van der Waals surface area contributed by atoms with E-state index in [2.05, 4.69) is 9.71 Å². The molecule has 1 aromatic carbocycles. The van der Waals surface area contributed by atoms with Gasteiger partial charge in [-0.2, -0.15) is 0 Å². The fourth-order valence-corrected chi connectivity index (χ4v) is 2.98. The van der Waals surface area contributed by atoms with Gasteiger partial charge in [-0.05, 0) is 49.2 Å². The highest BCUT2D eigenvalue weighted by Gasteiger charge is 2.18. The summed E-state index contributed by atoms with van der Waals surface area (Å²) in [5.41, 5.74) is 7.63. The predicted octanol–water partition coefficient (Wildman–Crippen LogP) is 2.08. The summed E-state index contributed by atoms with van der Waals surface area (Å²) < 4.78 is 27.0. The predicted molar refractivity (Wildman–Crippen MR) is 75.4 cm³/mol. The largest absolute Gasteiger partial charge is 0.398 e. The molecule has 0 unspecified atom stereocenters. The molecule has 0 atom stereocenters. The number of aromatic nitrogens is 1. The standard InChI is InChI=1S/C13H15N3O2S/c1-9-6-7-15-13(8-9)16-19(17,18)12-5-3-4-11(14)10(12)2/h3-8H,14H2,1-2H3,(H,15,16). The topological polar surface area (TPSA) is 85.1 Å². The van der Waals surface area contributed by atoms with Crippen LogP contribution in [0, 0.1) is 13.8 Å². The van der Waals surface area contributed by atoms with Crippen LogP contribution in [-0.4, -0.2) is 13.4 Å². The van der Waals surface area contributed by atoms with Crippen molar-refractivity contribution in [1.82, 2.24) is 4.98 Å². The average molecular weight is 277 g/mol. The minimum atomic E-state index is -3.68. The second kappa shape index (κ2) is 4.89. The highest BCUT2D eigenvalue weighted by atomic mass is 32.2. The zero-order valence-electron chi connectivity index (χ0n) is 10.7. The first-order valence-electron chi connectivity index (χ1n) is 5.71. The van der Waals surface area contributed by atoms with Gasteiger partial charge in [-0.25, -0.2) is 13.4 Å². The Morgan fingerprint density at radius 3 is 2.63 bits per heavy atom. The van der Waals surface area contributed by atoms with E-state index in [1.165, 1.54) is 6.07 Å². The van der Waals surface area contributed by atoms with Crippen LogP contribution in [0.15, 0.2) is 41.4 Å². The Kier molecular flexibility index (Phi) is 3.44. The number of sulfonamides is 1. The van der Waals surface area contributed by atoms with Crippen LogP contribution in [0.2, 0.25) is 0 Å². The van der Waals surface area contributed by atoms with Crippen LogP contribution in [0.4, 0.5) is 11.5 Å². The van der Waals surface area contributed by atoms with Gasteiger partial charge in [0.1, 0.15) is 5.82 Å². The van der Waals surface area contributed by atoms with Crippen LogP contribution in [0.3, 0.4) is 0 Å². The lowest BCUT2D eigenvalue weighted by Crippen LogP contribution is -2.15. The Morgan fingerprint density at radius 1 is 1.21 bits per heavy atom. The molecule has 1 heterocycles. The second-order valence-corrected chi connectivity index (χ2v) is 5.95. The van der Waals surface area contributed by atoms with Crippen LogP contribution in [0.5, 0.6) is 0 Å². The van der Waals surface area contributed by atoms with Gasteiger partial charge in [0.25, 0.3) is 10.0 Å². The monoisotopic (exact) mass is 277 g/mol. The van der Waals surface area contributed by atoms with Gasteiger partial charge < -0.3 is 5.73 Å². The van der Waals surface area contributed by atoms with Crippen molar-refractivity contribution in [1.29, 1.82) is 0 Å². The van der Waals surface area contributed by atoms with E-state index in [0.29, 0.717) is 17.1 Å². The number of anilines is 2. The number of aryl methyl sites for hydroxylation is 1. The van der Waals surface area contributed by atoms with E-state index in [-0.39, 0.29) is 4.90 Å². The fourth-order valence-electron chi connectivity index (χ4n) is 1.71. The van der Waals surface area contributed by atoms with Gasteiger partial charge in [-0.3, -0.25) is 4.72 Å². The molecule has 2 rings (SSSR count). The number of benzene rings is 1. The van der Waals surface area contributed by atoms with Gasteiger partial charge in [-0.1, -0.05) is 6.07 Å². The molecular formula is C13H15N3O2S. The second-order valence-electron chi connectivity index (χ2n) is 4.29. The molecule has 6 heteroatoms. The Morgan fingerprint density at radius 2 is 1.95 bits per heavy atom. The molecule has 100 valence electrons. The Labute approximate surface area is 112 Å². The number of nitrogens with two attached hydrogens (primary N) is 1. The maximum atomic E-state index is 12.3. The fraction of sp³-hybridized carbons (Fsp3) is 0.154. The minimum Gasteiger partial charge on any atom is -0.398 e. The molecule has 19 heavy (non-hydrogen) atoms. The molecular weight excluding hydrogens is 262 g/mol. The smallest absolute Gasteiger partial charge is 0.263 e. The lowest BCUT2D eigenvalue weighted by atomic mass is 10.2. The molecule has 0 saturated carbocycles. The first kappa shape index (κ1) is 13.4. The van der Waals surface area contributed by atoms with Crippen LogP contribution < -0.4 is 10.5 Å². The number of nitrogens with one attached hydrogen (secondary N) is 1. The van der Waals surface area contributed by atoms with Crippen LogP contribution in [0.1, 0.15) is 11.1 Å². The third kappa shape index (κ3) is 2.85. The number of nitrogens with zero attached hydrogens (tertiary/aromatic N) is 1. The summed E-state index contributed by atoms with van der Waals surface area (Å²) in [6.07, 6.45) is 1.55. The van der Waals surface area contributed by atoms with Crippen molar-refractivity contribution in [2.75, 3.05) is 10.5 Å². The van der Waals surface area contributed by atoms with Gasteiger partial charge in [0, 0.05) is 11.9 Å². The molecule has 1 aromatic heterocycles. The number of hydrogen-bond donors (Lipinski definition) is 2. The minimum absolute atomic E-state index is 0.163.